The van der Waals surface area contributed by atoms with E-state index in [4.69, 9.17) is 9.15 Å². The smallest absolute Gasteiger partial charge is 0.238 e. The first-order valence-corrected chi connectivity index (χ1v) is 15.7. The highest BCUT2D eigenvalue weighted by Crippen LogP contribution is 2.56. The second kappa shape index (κ2) is 11.1. The monoisotopic (exact) mass is 626 g/mol. The fourth-order valence-electron chi connectivity index (χ4n) is 7.75. The molecule has 9 heteroatoms. The van der Waals surface area contributed by atoms with Gasteiger partial charge in [-0.2, -0.15) is 0 Å². The molecule has 0 unspecified atom stereocenters. The summed E-state index contributed by atoms with van der Waals surface area (Å²) < 4.78 is 11.8. The van der Waals surface area contributed by atoms with Crippen molar-refractivity contribution in [3.63, 3.8) is 0 Å². The molecule has 2 heterocycles. The number of aliphatic hydroxyl groups excluding tert-OH is 1. The van der Waals surface area contributed by atoms with Gasteiger partial charge >= 0.3 is 0 Å². The Kier molecular flexibility index (Phi) is 6.88. The molecule has 0 radical (unpaired) electrons. The first-order valence-electron chi connectivity index (χ1n) is 15.7. The standard InChI is InChI=1S/C38H30N2O7/c1-20-18-29(42)34-27(35(20)43)19-26-23(32(34)24-6-2-4-8-30(24)46-17-16-41)14-15-25-33(26)38(45)40(37(25)44)22-12-10-21(11-13-22)36-39-28-7-3-5-9-31(28)47-36/h2-14,18,25-26,32-33,41H,15-17,19H2,1H3/t25-,26+,32+,33-/m0/s1. The lowest BCUT2D eigenvalue weighted by molar-refractivity contribution is -0.123. The van der Waals surface area contributed by atoms with Gasteiger partial charge in [-0.1, -0.05) is 42.0 Å². The number of para-hydroxylation sites is 3. The van der Waals surface area contributed by atoms with Gasteiger partial charge in [0.25, 0.3) is 0 Å². The number of rotatable bonds is 6. The second-order valence-electron chi connectivity index (χ2n) is 12.4. The first-order chi connectivity index (χ1) is 22.9. The molecule has 4 aliphatic rings. The number of Topliss-reactive ketones (excluding diaryl/α,β-unsaturated/α-hetero) is 1. The Morgan fingerprint density at radius 1 is 0.936 bits per heavy atom. The van der Waals surface area contributed by atoms with Crippen LogP contribution >= 0.6 is 0 Å². The van der Waals surface area contributed by atoms with Gasteiger partial charge in [-0.25, -0.2) is 4.98 Å². The van der Waals surface area contributed by atoms with Crippen LogP contribution in [0.2, 0.25) is 0 Å². The van der Waals surface area contributed by atoms with Gasteiger partial charge in [0, 0.05) is 33.8 Å². The number of aromatic nitrogens is 1. The molecule has 1 saturated heterocycles. The van der Waals surface area contributed by atoms with Crippen LogP contribution in [0.25, 0.3) is 22.6 Å². The van der Waals surface area contributed by atoms with Crippen molar-refractivity contribution in [1.82, 2.24) is 4.98 Å². The third-order valence-electron chi connectivity index (χ3n) is 9.81. The van der Waals surface area contributed by atoms with Crippen LogP contribution in [0.5, 0.6) is 5.75 Å². The van der Waals surface area contributed by atoms with E-state index in [-0.39, 0.29) is 43.0 Å². The topological polar surface area (TPSA) is 127 Å². The van der Waals surface area contributed by atoms with Gasteiger partial charge in [0.05, 0.1) is 24.1 Å². The molecule has 2 amide bonds. The summed E-state index contributed by atoms with van der Waals surface area (Å²) in [6, 6.07) is 21.8. The number of oxazole rings is 1. The maximum Gasteiger partial charge on any atom is 0.238 e. The SMILES string of the molecule is CC1=CC(=O)C2=C(C[C@@H]3C(=CC[C@@H]4C(=O)N(c5ccc(-c6nc7ccccc7o6)cc5)C(=O)[C@@H]43)[C@@H]2c2ccccc2OCCO)C1=O. The molecule has 0 saturated carbocycles. The van der Waals surface area contributed by atoms with Gasteiger partial charge in [-0.3, -0.25) is 24.1 Å². The van der Waals surface area contributed by atoms with Crippen molar-refractivity contribution < 1.29 is 33.4 Å². The van der Waals surface area contributed by atoms with Gasteiger partial charge in [0.2, 0.25) is 17.7 Å². The van der Waals surface area contributed by atoms with Crippen molar-refractivity contribution in [3.8, 4) is 17.2 Å². The first kappa shape index (κ1) is 29.0. The van der Waals surface area contributed by atoms with Crippen molar-refractivity contribution in [3.05, 3.63) is 113 Å². The van der Waals surface area contributed by atoms with E-state index in [1.807, 2.05) is 48.5 Å². The summed E-state index contributed by atoms with van der Waals surface area (Å²) in [5, 5.41) is 9.45. The molecule has 9 nitrogen and oxygen atoms in total. The molecule has 4 atom stereocenters. The Labute approximate surface area is 269 Å². The van der Waals surface area contributed by atoms with Gasteiger partial charge in [-0.15, -0.1) is 0 Å². The summed E-state index contributed by atoms with van der Waals surface area (Å²) in [5.74, 6) is -2.52. The number of carbonyl (C=O) groups is 4. The number of amides is 2. The van der Waals surface area contributed by atoms with E-state index in [0.717, 1.165) is 11.1 Å². The molecular formula is C38H30N2O7. The lowest BCUT2D eigenvalue weighted by Gasteiger charge is -2.42. The zero-order valence-corrected chi connectivity index (χ0v) is 25.5. The highest BCUT2D eigenvalue weighted by molar-refractivity contribution is 6.25. The molecule has 47 heavy (non-hydrogen) atoms. The zero-order valence-electron chi connectivity index (χ0n) is 25.5. The van der Waals surface area contributed by atoms with Gasteiger partial charge in [-0.05, 0) is 74.2 Å². The minimum atomic E-state index is -0.699. The highest BCUT2D eigenvalue weighted by atomic mass is 16.5. The van der Waals surface area contributed by atoms with E-state index in [0.29, 0.717) is 57.2 Å². The average molecular weight is 627 g/mol. The van der Waals surface area contributed by atoms with Gasteiger partial charge in [0.15, 0.2) is 17.1 Å². The largest absolute Gasteiger partial charge is 0.491 e. The van der Waals surface area contributed by atoms with Crippen LogP contribution < -0.4 is 9.64 Å². The lowest BCUT2D eigenvalue weighted by Crippen LogP contribution is -2.40. The molecular weight excluding hydrogens is 596 g/mol. The summed E-state index contributed by atoms with van der Waals surface area (Å²) in [6.45, 7) is 1.49. The number of hydrogen-bond acceptors (Lipinski definition) is 8. The number of allylic oxidation sites excluding steroid dienone is 6. The van der Waals surface area contributed by atoms with Crippen LogP contribution in [-0.2, 0) is 19.2 Å². The van der Waals surface area contributed by atoms with Gasteiger partial charge < -0.3 is 14.3 Å². The van der Waals surface area contributed by atoms with Gasteiger partial charge in [0.1, 0.15) is 17.9 Å². The molecule has 0 spiro atoms. The Balaban J connectivity index is 1.17. The summed E-state index contributed by atoms with van der Waals surface area (Å²) in [6.07, 6.45) is 3.89. The third kappa shape index (κ3) is 4.52. The van der Waals surface area contributed by atoms with Crippen LogP contribution in [0.15, 0.2) is 112 Å². The molecule has 8 rings (SSSR count). The molecule has 3 aromatic carbocycles. The number of fused-ring (bicyclic) bond motifs is 4. The number of ketones is 2. The molecule has 1 fully saturated rings. The van der Waals surface area contributed by atoms with Crippen LogP contribution in [0.3, 0.4) is 0 Å². The summed E-state index contributed by atoms with van der Waals surface area (Å²) >= 11 is 0. The Bertz CT molecular complexity index is 2070. The number of imide groups is 1. The Hall–Kier alpha value is -5.41. The van der Waals surface area contributed by atoms with E-state index in [1.165, 1.54) is 11.0 Å². The number of aliphatic hydroxyl groups is 1. The lowest BCUT2D eigenvalue weighted by atomic mass is 9.59. The van der Waals surface area contributed by atoms with Crippen molar-refractivity contribution in [2.24, 2.45) is 17.8 Å². The average Bonchev–Trinajstić information content (AvgIpc) is 3.64. The quantitative estimate of drug-likeness (QED) is 0.169. The highest BCUT2D eigenvalue weighted by Gasteiger charge is 2.56. The molecule has 0 bridgehead atoms. The summed E-state index contributed by atoms with van der Waals surface area (Å²) in [4.78, 5) is 61.3. The predicted octanol–water partition coefficient (Wildman–Crippen LogP) is 5.50. The number of nitrogens with zero attached hydrogens (tertiary/aromatic N) is 2. The number of hydrogen-bond donors (Lipinski definition) is 1. The van der Waals surface area contributed by atoms with Crippen LogP contribution in [0, 0.1) is 17.8 Å². The van der Waals surface area contributed by atoms with E-state index in [9.17, 15) is 24.3 Å². The Morgan fingerprint density at radius 3 is 2.49 bits per heavy atom. The summed E-state index contributed by atoms with van der Waals surface area (Å²) in [7, 11) is 0. The molecule has 1 aliphatic heterocycles. The zero-order chi connectivity index (χ0) is 32.4. The number of carbonyl (C=O) groups excluding carboxylic acids is 4. The van der Waals surface area contributed by atoms with E-state index in [2.05, 4.69) is 4.98 Å². The fourth-order valence-corrected chi connectivity index (χ4v) is 7.75. The minimum Gasteiger partial charge on any atom is -0.491 e. The molecule has 4 aromatic rings. The second-order valence-corrected chi connectivity index (χ2v) is 12.4. The van der Waals surface area contributed by atoms with Crippen molar-refractivity contribution in [2.45, 2.75) is 25.7 Å². The number of ether oxygens (including phenoxy) is 1. The number of anilines is 1. The van der Waals surface area contributed by atoms with Crippen molar-refractivity contribution in [1.29, 1.82) is 0 Å². The van der Waals surface area contributed by atoms with Crippen molar-refractivity contribution in [2.75, 3.05) is 18.1 Å². The van der Waals surface area contributed by atoms with Crippen LogP contribution in [0.4, 0.5) is 5.69 Å². The predicted molar refractivity (Wildman–Crippen MR) is 172 cm³/mol. The van der Waals surface area contributed by atoms with Crippen LogP contribution in [0.1, 0.15) is 31.2 Å². The maximum atomic E-state index is 14.3. The number of benzene rings is 3. The fraction of sp³-hybridized carbons (Fsp3) is 0.237. The van der Waals surface area contributed by atoms with E-state index in [1.54, 1.807) is 37.3 Å². The van der Waals surface area contributed by atoms with Crippen molar-refractivity contribution >= 4 is 40.2 Å². The molecule has 1 N–H and O–H groups in total. The maximum absolute atomic E-state index is 14.3. The van der Waals surface area contributed by atoms with Crippen LogP contribution in [-0.4, -0.2) is 46.7 Å². The third-order valence-corrected chi connectivity index (χ3v) is 9.81. The molecule has 1 aromatic heterocycles. The Morgan fingerprint density at radius 2 is 1.70 bits per heavy atom. The minimum absolute atomic E-state index is 0.0574. The van der Waals surface area contributed by atoms with E-state index < -0.39 is 23.7 Å². The molecule has 234 valence electrons. The summed E-state index contributed by atoms with van der Waals surface area (Å²) in [5.41, 5.74) is 5.23. The normalized spacial score (nSPS) is 23.8. The van der Waals surface area contributed by atoms with E-state index >= 15 is 0 Å². The molecule has 3 aliphatic carbocycles.